The molecule has 146 valence electrons. The molecule has 0 atom stereocenters. The molecule has 2 amide bonds. The molecule has 0 spiro atoms. The number of urea groups is 1. The van der Waals surface area contributed by atoms with Gasteiger partial charge in [0.2, 0.25) is 0 Å². The number of nitrogens with zero attached hydrogens (tertiary/aromatic N) is 3. The molecule has 4 rings (SSSR count). The summed E-state index contributed by atoms with van der Waals surface area (Å²) in [5, 5.41) is 5.68. The van der Waals surface area contributed by atoms with E-state index in [0.29, 0.717) is 24.6 Å². The minimum Gasteiger partial charge on any atom is -0.336 e. The number of rotatable bonds is 5. The minimum atomic E-state index is -0.302. The van der Waals surface area contributed by atoms with E-state index in [1.165, 1.54) is 12.1 Å². The van der Waals surface area contributed by atoms with Gasteiger partial charge in [0.25, 0.3) is 0 Å². The van der Waals surface area contributed by atoms with E-state index in [4.69, 9.17) is 0 Å². The molecule has 2 N–H and O–H groups in total. The third-order valence-corrected chi connectivity index (χ3v) is 4.50. The van der Waals surface area contributed by atoms with E-state index in [1.54, 1.807) is 18.3 Å². The van der Waals surface area contributed by atoms with Gasteiger partial charge in [-0.15, -0.1) is 0 Å². The lowest BCUT2D eigenvalue weighted by molar-refractivity contribution is 0.251. The smallest absolute Gasteiger partial charge is 0.319 e. The Bertz CT molecular complexity index is 1150. The summed E-state index contributed by atoms with van der Waals surface area (Å²) in [5.74, 6) is 0.378. The number of hydrogen-bond acceptors (Lipinski definition) is 3. The van der Waals surface area contributed by atoms with Crippen molar-refractivity contribution < 1.29 is 9.18 Å². The molecule has 0 bridgehead atoms. The van der Waals surface area contributed by atoms with E-state index in [9.17, 15) is 9.18 Å². The lowest BCUT2D eigenvalue weighted by Gasteiger charge is -2.11. The van der Waals surface area contributed by atoms with Gasteiger partial charge in [-0.1, -0.05) is 12.1 Å². The molecule has 0 aliphatic heterocycles. The van der Waals surface area contributed by atoms with Crippen LogP contribution in [-0.2, 0) is 6.54 Å². The quantitative estimate of drug-likeness (QED) is 0.532. The van der Waals surface area contributed by atoms with Gasteiger partial charge < -0.3 is 15.2 Å². The maximum absolute atomic E-state index is 13.3. The molecular weight excluding hydrogens is 369 g/mol. The first kappa shape index (κ1) is 18.6. The van der Waals surface area contributed by atoms with Crippen molar-refractivity contribution in [3.05, 3.63) is 78.2 Å². The van der Waals surface area contributed by atoms with Gasteiger partial charge in [0, 0.05) is 30.5 Å². The van der Waals surface area contributed by atoms with Crippen molar-refractivity contribution in [1.82, 2.24) is 19.9 Å². The molecule has 0 aliphatic carbocycles. The molecule has 0 saturated heterocycles. The van der Waals surface area contributed by atoms with Crippen molar-refractivity contribution in [3.63, 3.8) is 0 Å². The van der Waals surface area contributed by atoms with Crippen LogP contribution in [0.3, 0.4) is 0 Å². The number of benzene rings is 2. The van der Waals surface area contributed by atoms with Crippen LogP contribution in [0.2, 0.25) is 0 Å². The lowest BCUT2D eigenvalue weighted by Crippen LogP contribution is -2.31. The Kier molecular flexibility index (Phi) is 5.20. The van der Waals surface area contributed by atoms with Crippen LogP contribution in [0.4, 0.5) is 14.9 Å². The van der Waals surface area contributed by atoms with Crippen LogP contribution in [-0.4, -0.2) is 27.1 Å². The van der Waals surface area contributed by atoms with Crippen LogP contribution in [0.25, 0.3) is 22.6 Å². The van der Waals surface area contributed by atoms with Crippen molar-refractivity contribution in [3.8, 4) is 11.4 Å². The van der Waals surface area contributed by atoms with Gasteiger partial charge in [-0.25, -0.2) is 19.2 Å². The molecule has 4 aromatic rings. The third kappa shape index (κ3) is 4.24. The number of anilines is 1. The Morgan fingerprint density at radius 1 is 1.10 bits per heavy atom. The maximum Gasteiger partial charge on any atom is 0.319 e. The van der Waals surface area contributed by atoms with E-state index in [1.807, 2.05) is 47.9 Å². The number of halogens is 1. The average molecular weight is 389 g/mol. The minimum absolute atomic E-state index is 0.281. The van der Waals surface area contributed by atoms with E-state index in [0.717, 1.165) is 22.3 Å². The number of carbonyl (C=O) groups excluding carboxylic acids is 1. The number of hydrogen-bond donors (Lipinski definition) is 2. The Morgan fingerprint density at radius 2 is 1.93 bits per heavy atom. The van der Waals surface area contributed by atoms with Crippen LogP contribution in [0, 0.1) is 12.7 Å². The second-order valence-corrected chi connectivity index (χ2v) is 6.69. The van der Waals surface area contributed by atoms with E-state index < -0.39 is 0 Å². The molecule has 0 radical (unpaired) electrons. The molecule has 29 heavy (non-hydrogen) atoms. The fourth-order valence-corrected chi connectivity index (χ4v) is 3.17. The first-order valence-electron chi connectivity index (χ1n) is 9.29. The summed E-state index contributed by atoms with van der Waals surface area (Å²) in [6, 6.07) is 17.2. The number of nitrogens with one attached hydrogen (secondary N) is 2. The highest BCUT2D eigenvalue weighted by atomic mass is 19.1. The summed E-state index contributed by atoms with van der Waals surface area (Å²) in [6.07, 6.45) is 1.70. The summed E-state index contributed by atoms with van der Waals surface area (Å²) in [6.45, 7) is 2.83. The summed E-state index contributed by atoms with van der Waals surface area (Å²) < 4.78 is 15.2. The Balaban J connectivity index is 1.50. The highest BCUT2D eigenvalue weighted by Crippen LogP contribution is 2.23. The molecule has 0 aliphatic rings. The predicted molar refractivity (Wildman–Crippen MR) is 111 cm³/mol. The standard InChI is InChI=1S/C22H20FN5O/c1-15-4-2-5-18(14-15)26-22(29)25-12-13-28-20(16-7-9-17(23)10-8-16)27-19-6-3-11-24-21(19)28/h2-11,14H,12-13H2,1H3,(H2,25,26,29). The number of pyridine rings is 1. The van der Waals surface area contributed by atoms with Gasteiger partial charge >= 0.3 is 6.03 Å². The normalized spacial score (nSPS) is 10.8. The van der Waals surface area contributed by atoms with Gasteiger partial charge in [0.15, 0.2) is 5.65 Å². The van der Waals surface area contributed by atoms with Crippen LogP contribution in [0.5, 0.6) is 0 Å². The van der Waals surface area contributed by atoms with E-state index in [2.05, 4.69) is 20.6 Å². The topological polar surface area (TPSA) is 71.8 Å². The van der Waals surface area contributed by atoms with Gasteiger partial charge in [-0.3, -0.25) is 0 Å². The Labute approximate surface area is 167 Å². The predicted octanol–water partition coefficient (Wildman–Crippen LogP) is 4.37. The van der Waals surface area contributed by atoms with Gasteiger partial charge in [-0.2, -0.15) is 0 Å². The number of amides is 2. The van der Waals surface area contributed by atoms with E-state index >= 15 is 0 Å². The van der Waals surface area contributed by atoms with Crippen molar-refractivity contribution >= 4 is 22.9 Å². The summed E-state index contributed by atoms with van der Waals surface area (Å²) in [5.41, 5.74) is 4.06. The molecule has 2 aromatic carbocycles. The molecule has 0 fully saturated rings. The van der Waals surface area contributed by atoms with Crippen LogP contribution in [0.1, 0.15) is 5.56 Å². The van der Waals surface area contributed by atoms with Crippen molar-refractivity contribution in [2.75, 3.05) is 11.9 Å². The zero-order valence-electron chi connectivity index (χ0n) is 15.9. The van der Waals surface area contributed by atoms with Crippen LogP contribution < -0.4 is 10.6 Å². The fraction of sp³-hybridized carbons (Fsp3) is 0.136. The number of imidazole rings is 1. The van der Waals surface area contributed by atoms with Gasteiger partial charge in [0.1, 0.15) is 17.2 Å². The van der Waals surface area contributed by atoms with Crippen molar-refractivity contribution in [2.24, 2.45) is 0 Å². The Hall–Kier alpha value is -3.74. The fourth-order valence-electron chi connectivity index (χ4n) is 3.17. The van der Waals surface area contributed by atoms with Crippen LogP contribution in [0.15, 0.2) is 66.9 Å². The number of aromatic nitrogens is 3. The van der Waals surface area contributed by atoms with Gasteiger partial charge in [0.05, 0.1) is 0 Å². The molecule has 6 nitrogen and oxygen atoms in total. The summed E-state index contributed by atoms with van der Waals surface area (Å²) >= 11 is 0. The summed E-state index contributed by atoms with van der Waals surface area (Å²) in [7, 11) is 0. The maximum atomic E-state index is 13.3. The monoisotopic (exact) mass is 389 g/mol. The van der Waals surface area contributed by atoms with Crippen molar-refractivity contribution in [1.29, 1.82) is 0 Å². The second kappa shape index (κ2) is 8.10. The molecule has 2 aromatic heterocycles. The number of fused-ring (bicyclic) bond motifs is 1. The average Bonchev–Trinajstić information content (AvgIpc) is 3.07. The molecular formula is C22H20FN5O. The molecule has 2 heterocycles. The molecule has 7 heteroatoms. The van der Waals surface area contributed by atoms with Crippen LogP contribution >= 0.6 is 0 Å². The Morgan fingerprint density at radius 3 is 2.72 bits per heavy atom. The molecule has 0 unspecified atom stereocenters. The first-order valence-corrected chi connectivity index (χ1v) is 9.29. The highest BCUT2D eigenvalue weighted by molar-refractivity contribution is 5.89. The molecule has 0 saturated carbocycles. The highest BCUT2D eigenvalue weighted by Gasteiger charge is 2.13. The number of aryl methyl sites for hydroxylation is 1. The van der Waals surface area contributed by atoms with Crippen molar-refractivity contribution in [2.45, 2.75) is 13.5 Å². The lowest BCUT2D eigenvalue weighted by atomic mass is 10.2. The second-order valence-electron chi connectivity index (χ2n) is 6.69. The third-order valence-electron chi connectivity index (χ3n) is 4.50. The zero-order chi connectivity index (χ0) is 20.2. The van der Waals surface area contributed by atoms with Gasteiger partial charge in [-0.05, 0) is 61.0 Å². The zero-order valence-corrected chi connectivity index (χ0v) is 15.9. The first-order chi connectivity index (χ1) is 14.1. The SMILES string of the molecule is Cc1cccc(NC(=O)NCCn2c(-c3ccc(F)cc3)nc3cccnc32)c1. The van der Waals surface area contributed by atoms with E-state index in [-0.39, 0.29) is 11.8 Å². The summed E-state index contributed by atoms with van der Waals surface area (Å²) in [4.78, 5) is 21.3. The number of carbonyl (C=O) groups is 1. The largest absolute Gasteiger partial charge is 0.336 e.